The van der Waals surface area contributed by atoms with Crippen molar-refractivity contribution in [3.63, 3.8) is 0 Å². The molecule has 0 radical (unpaired) electrons. The van der Waals surface area contributed by atoms with E-state index in [1.165, 1.54) is 16.3 Å². The fourth-order valence-corrected chi connectivity index (χ4v) is 21.4. The van der Waals surface area contributed by atoms with Crippen LogP contribution in [0.25, 0.3) is 0 Å². The predicted octanol–water partition coefficient (Wildman–Crippen LogP) is 6.61. The minimum absolute atomic E-state index is 0.132. The van der Waals surface area contributed by atoms with Crippen molar-refractivity contribution in [1.29, 1.82) is 0 Å². The standard InChI is InChI=1S/C19H28NO2SSi.3C6H5.Sn/c1-15-8-10-18(11-9-15)23(21,22)20-12-16(2)17(13-20)14-24(6,7)19(3,4)5;3*1-2-4-6-5-3-1;/h2,8-11,14H,12-13H2,1,3-7H3;3*1-5H;/b16-2?,17-14+;;;;. The first kappa shape index (κ1) is 31.7. The maximum absolute atomic E-state index is 14.1. The Morgan fingerprint density at radius 2 is 1.09 bits per heavy atom. The molecule has 0 bridgehead atoms. The molecule has 1 aliphatic heterocycles. The van der Waals surface area contributed by atoms with Gasteiger partial charge < -0.3 is 0 Å². The molecular weight excluding hydrogens is 669 g/mol. The Morgan fingerprint density at radius 3 is 1.51 bits per heavy atom. The third-order valence-electron chi connectivity index (χ3n) is 9.31. The Hall–Kier alpha value is -2.71. The summed E-state index contributed by atoms with van der Waals surface area (Å²) in [4.78, 5) is 0.356. The van der Waals surface area contributed by atoms with Gasteiger partial charge >= 0.3 is 266 Å². The van der Waals surface area contributed by atoms with Gasteiger partial charge in [-0.05, 0) is 0 Å². The van der Waals surface area contributed by atoms with E-state index < -0.39 is 36.5 Å². The van der Waals surface area contributed by atoms with Crippen molar-refractivity contribution in [3.8, 4) is 0 Å². The molecule has 0 aromatic heterocycles. The fourth-order valence-electron chi connectivity index (χ4n) is 5.71. The van der Waals surface area contributed by atoms with Crippen LogP contribution in [0.3, 0.4) is 0 Å². The molecule has 0 atom stereocenters. The normalized spacial score (nSPS) is 17.1. The van der Waals surface area contributed by atoms with E-state index in [2.05, 4.69) is 135 Å². The first-order valence-electron chi connectivity index (χ1n) is 15.0. The second kappa shape index (κ2) is 12.3. The molecule has 1 fully saturated rings. The topological polar surface area (TPSA) is 37.4 Å². The van der Waals surface area contributed by atoms with Crippen molar-refractivity contribution in [2.45, 2.75) is 50.7 Å². The van der Waals surface area contributed by atoms with Crippen molar-refractivity contribution >= 4 is 47.2 Å². The van der Waals surface area contributed by atoms with Crippen molar-refractivity contribution in [2.24, 2.45) is 0 Å². The van der Waals surface area contributed by atoms with Gasteiger partial charge in [-0.3, -0.25) is 0 Å². The summed E-state index contributed by atoms with van der Waals surface area (Å²) >= 11 is -3.82. The number of rotatable bonds is 7. The van der Waals surface area contributed by atoms with Crippen LogP contribution in [0.15, 0.2) is 141 Å². The Labute approximate surface area is 263 Å². The van der Waals surface area contributed by atoms with Crippen LogP contribution < -0.4 is 10.7 Å². The number of sulfonamides is 1. The molecule has 0 amide bonds. The Balaban J connectivity index is 1.78. The first-order chi connectivity index (χ1) is 20.3. The molecule has 0 unspecified atom stereocenters. The van der Waals surface area contributed by atoms with E-state index >= 15 is 0 Å². The van der Waals surface area contributed by atoms with Gasteiger partial charge in [0.25, 0.3) is 0 Å². The van der Waals surface area contributed by atoms with Crippen molar-refractivity contribution < 1.29 is 8.42 Å². The van der Waals surface area contributed by atoms with Gasteiger partial charge in [0.15, 0.2) is 0 Å². The van der Waals surface area contributed by atoms with E-state index in [0.717, 1.165) is 11.1 Å². The average Bonchev–Trinajstić information content (AvgIpc) is 3.39. The van der Waals surface area contributed by atoms with Gasteiger partial charge in [0.2, 0.25) is 0 Å². The van der Waals surface area contributed by atoms with E-state index in [1.807, 2.05) is 19.1 Å². The van der Waals surface area contributed by atoms with Gasteiger partial charge in [-0.1, -0.05) is 0 Å². The van der Waals surface area contributed by atoms with Crippen LogP contribution in [-0.2, 0) is 10.0 Å². The summed E-state index contributed by atoms with van der Waals surface area (Å²) in [6.07, 6.45) is 0. The molecule has 3 nitrogen and oxygen atoms in total. The Morgan fingerprint density at radius 1 is 0.674 bits per heavy atom. The summed E-state index contributed by atoms with van der Waals surface area (Å²) < 4.78 is 36.5. The molecule has 222 valence electrons. The van der Waals surface area contributed by atoms with Gasteiger partial charge in [-0.25, -0.2) is 0 Å². The molecule has 43 heavy (non-hydrogen) atoms. The molecule has 4 aromatic rings. The quantitative estimate of drug-likeness (QED) is 0.203. The summed E-state index contributed by atoms with van der Waals surface area (Å²) in [5.41, 5.74) is 5.87. The molecule has 0 spiro atoms. The minimum atomic E-state index is -3.82. The average molecular weight is 713 g/mol. The van der Waals surface area contributed by atoms with E-state index in [1.54, 1.807) is 16.4 Å². The molecule has 1 heterocycles. The molecule has 1 aliphatic rings. The maximum atomic E-state index is 14.1. The summed E-state index contributed by atoms with van der Waals surface area (Å²) in [5.74, 6) is 0. The predicted molar refractivity (Wildman–Crippen MR) is 187 cm³/mol. The van der Waals surface area contributed by atoms with Gasteiger partial charge in [-0.2, -0.15) is 0 Å². The van der Waals surface area contributed by atoms with E-state index in [0.29, 0.717) is 18.0 Å². The monoisotopic (exact) mass is 713 g/mol. The van der Waals surface area contributed by atoms with Crippen LogP contribution in [0.5, 0.6) is 0 Å². The Bertz CT molecular complexity index is 1630. The fraction of sp³-hybridized carbons (Fsp3) is 0.243. The molecule has 0 N–H and O–H groups in total. The number of hydrogen-bond acceptors (Lipinski definition) is 2. The van der Waals surface area contributed by atoms with E-state index in [-0.39, 0.29) is 5.04 Å². The third-order valence-corrected chi connectivity index (χ3v) is 28.9. The van der Waals surface area contributed by atoms with E-state index in [4.69, 9.17) is 0 Å². The molecule has 6 heteroatoms. The van der Waals surface area contributed by atoms with Gasteiger partial charge in [0.05, 0.1) is 0 Å². The summed E-state index contributed by atoms with van der Waals surface area (Å²) in [6.45, 7) is 14.5. The molecule has 0 saturated carbocycles. The van der Waals surface area contributed by atoms with Crippen molar-refractivity contribution in [1.82, 2.24) is 4.31 Å². The first-order valence-corrected chi connectivity index (χ1v) is 25.5. The van der Waals surface area contributed by atoms with Crippen LogP contribution in [0.2, 0.25) is 18.1 Å². The summed E-state index contributed by atoms with van der Waals surface area (Å²) in [5, 5.41) is 0.132. The zero-order valence-electron chi connectivity index (χ0n) is 26.2. The molecular formula is C37H43NO2SSiSn. The van der Waals surface area contributed by atoms with Crippen LogP contribution in [-0.4, -0.2) is 52.3 Å². The molecule has 4 aromatic carbocycles. The van der Waals surface area contributed by atoms with Crippen LogP contribution in [0.4, 0.5) is 0 Å². The van der Waals surface area contributed by atoms with Crippen molar-refractivity contribution in [2.75, 3.05) is 13.1 Å². The van der Waals surface area contributed by atoms with Gasteiger partial charge in [0.1, 0.15) is 0 Å². The third kappa shape index (κ3) is 6.41. The molecule has 5 rings (SSSR count). The molecule has 1 saturated heterocycles. The SMILES string of the molecule is Cc1ccc(S(=O)(=O)N2CC(=C\[Si](C)(C)C(C)(C)C)/C(=[CH]/[Sn]([c]3ccccc3)([c]3ccccc3)[c]3ccccc3)C2)cc1. The van der Waals surface area contributed by atoms with E-state index in [9.17, 15) is 8.42 Å². The number of nitrogens with zero attached hydrogens (tertiary/aromatic N) is 1. The second-order valence-corrected chi connectivity index (χ2v) is 30.9. The number of benzene rings is 4. The van der Waals surface area contributed by atoms with Crippen molar-refractivity contribution in [3.05, 3.63) is 142 Å². The van der Waals surface area contributed by atoms with Gasteiger partial charge in [-0.15, -0.1) is 0 Å². The van der Waals surface area contributed by atoms with Gasteiger partial charge in [0, 0.05) is 0 Å². The summed E-state index contributed by atoms with van der Waals surface area (Å²) in [6, 6.07) is 40.0. The van der Waals surface area contributed by atoms with Crippen LogP contribution >= 0.6 is 0 Å². The second-order valence-electron chi connectivity index (χ2n) is 13.3. The van der Waals surface area contributed by atoms with Crippen LogP contribution in [0.1, 0.15) is 26.3 Å². The number of aryl methyl sites for hydroxylation is 1. The van der Waals surface area contributed by atoms with Crippen LogP contribution in [0, 0.1) is 6.92 Å². The Kier molecular flexibility index (Phi) is 9.10. The molecule has 0 aliphatic carbocycles. The zero-order chi connectivity index (χ0) is 30.9. The summed E-state index contributed by atoms with van der Waals surface area (Å²) in [7, 11) is -5.57. The zero-order valence-corrected chi connectivity index (χ0v) is 30.9. The number of hydrogen-bond donors (Lipinski definition) is 0.